The average molecular weight is 434 g/mol. The van der Waals surface area contributed by atoms with E-state index in [9.17, 15) is 18.5 Å². The highest BCUT2D eigenvalue weighted by molar-refractivity contribution is 7.89. The van der Waals surface area contributed by atoms with Gasteiger partial charge in [-0.2, -0.15) is 9.41 Å². The highest BCUT2D eigenvalue weighted by Gasteiger charge is 2.30. The minimum absolute atomic E-state index is 0.136. The van der Waals surface area contributed by atoms with Crippen LogP contribution in [0, 0.1) is 10.1 Å². The second-order valence-electron chi connectivity index (χ2n) is 6.29. The Morgan fingerprint density at radius 1 is 1.27 bits per heavy atom. The second kappa shape index (κ2) is 9.65. The van der Waals surface area contributed by atoms with E-state index in [1.165, 1.54) is 22.7 Å². The molecule has 3 rings (SSSR count). The molecule has 2 aromatic carbocycles. The van der Waals surface area contributed by atoms with Crippen molar-refractivity contribution in [2.75, 3.05) is 38.3 Å². The maximum absolute atomic E-state index is 13.1. The van der Waals surface area contributed by atoms with Gasteiger partial charge in [0.05, 0.1) is 36.6 Å². The van der Waals surface area contributed by atoms with Gasteiger partial charge in [0.2, 0.25) is 10.0 Å². The van der Waals surface area contributed by atoms with Gasteiger partial charge in [-0.05, 0) is 25.1 Å². The van der Waals surface area contributed by atoms with Crippen LogP contribution in [0.4, 0.5) is 11.4 Å². The number of rotatable bonds is 8. The number of morpholine rings is 1. The van der Waals surface area contributed by atoms with Gasteiger partial charge >= 0.3 is 0 Å². The summed E-state index contributed by atoms with van der Waals surface area (Å²) in [5.74, 6) is 0.635. The summed E-state index contributed by atoms with van der Waals surface area (Å²) < 4.78 is 38.2. The van der Waals surface area contributed by atoms with Crippen LogP contribution >= 0.6 is 0 Å². The van der Waals surface area contributed by atoms with Gasteiger partial charge in [0.15, 0.2) is 0 Å². The monoisotopic (exact) mass is 434 g/mol. The normalized spacial score (nSPS) is 15.2. The topological polar surface area (TPSA) is 123 Å². The number of non-ortho nitro benzene ring substituents is 1. The first kappa shape index (κ1) is 21.7. The van der Waals surface area contributed by atoms with Gasteiger partial charge in [-0.1, -0.05) is 12.1 Å². The first-order valence-electron chi connectivity index (χ1n) is 9.30. The van der Waals surface area contributed by atoms with Crippen molar-refractivity contribution >= 4 is 27.6 Å². The molecular weight excluding hydrogens is 412 g/mol. The van der Waals surface area contributed by atoms with Crippen molar-refractivity contribution in [1.82, 2.24) is 4.31 Å². The Morgan fingerprint density at radius 2 is 2.00 bits per heavy atom. The van der Waals surface area contributed by atoms with Crippen LogP contribution in [0.2, 0.25) is 0 Å². The summed E-state index contributed by atoms with van der Waals surface area (Å²) in [7, 11) is -3.97. The molecule has 1 aliphatic rings. The quantitative estimate of drug-likeness (QED) is 0.384. The molecule has 0 radical (unpaired) electrons. The van der Waals surface area contributed by atoms with Crippen molar-refractivity contribution in [2.45, 2.75) is 11.8 Å². The van der Waals surface area contributed by atoms with Crippen LogP contribution in [0.1, 0.15) is 12.5 Å². The minimum Gasteiger partial charge on any atom is -0.493 e. The minimum atomic E-state index is -3.97. The molecule has 0 atom stereocenters. The molecule has 0 unspecified atom stereocenters. The third-order valence-electron chi connectivity index (χ3n) is 4.37. The number of nitrogens with one attached hydrogen (secondary N) is 1. The first-order valence-corrected chi connectivity index (χ1v) is 10.7. The number of nitro groups is 1. The van der Waals surface area contributed by atoms with Crippen LogP contribution in [-0.2, 0) is 14.8 Å². The fourth-order valence-corrected chi connectivity index (χ4v) is 4.47. The smallest absolute Gasteiger partial charge is 0.270 e. The Bertz CT molecular complexity index is 1040. The number of sulfonamides is 1. The van der Waals surface area contributed by atoms with E-state index >= 15 is 0 Å². The Hall–Kier alpha value is -3.02. The molecule has 1 fully saturated rings. The van der Waals surface area contributed by atoms with Crippen LogP contribution in [0.3, 0.4) is 0 Å². The zero-order valence-electron chi connectivity index (χ0n) is 16.4. The van der Waals surface area contributed by atoms with Crippen molar-refractivity contribution in [1.29, 1.82) is 0 Å². The number of hydrogen-bond acceptors (Lipinski definition) is 8. The van der Waals surface area contributed by atoms with Crippen molar-refractivity contribution in [3.05, 3.63) is 58.1 Å². The molecule has 11 heteroatoms. The first-order chi connectivity index (χ1) is 14.4. The summed E-state index contributed by atoms with van der Waals surface area (Å²) in [6.07, 6.45) is 1.50. The number of hydrogen-bond donors (Lipinski definition) is 1. The highest BCUT2D eigenvalue weighted by atomic mass is 32.2. The lowest BCUT2D eigenvalue weighted by Crippen LogP contribution is -2.40. The SMILES string of the molecule is CCOc1ccccc1/C=N/Nc1ccc([N+](=O)[O-])cc1S(=O)(=O)N1CCOCC1. The van der Waals surface area contributed by atoms with E-state index in [0.717, 1.165) is 6.07 Å². The fourth-order valence-electron chi connectivity index (χ4n) is 2.90. The van der Waals surface area contributed by atoms with E-state index in [-0.39, 0.29) is 42.6 Å². The van der Waals surface area contributed by atoms with E-state index in [4.69, 9.17) is 9.47 Å². The highest BCUT2D eigenvalue weighted by Crippen LogP contribution is 2.29. The summed E-state index contributed by atoms with van der Waals surface area (Å²) in [6, 6.07) is 10.9. The summed E-state index contributed by atoms with van der Waals surface area (Å²) in [5, 5.41) is 15.3. The number of hydrazone groups is 1. The molecule has 1 heterocycles. The zero-order valence-corrected chi connectivity index (χ0v) is 17.2. The maximum atomic E-state index is 13.1. The predicted octanol–water partition coefficient (Wildman–Crippen LogP) is 2.46. The number of benzene rings is 2. The average Bonchev–Trinajstić information content (AvgIpc) is 2.75. The third kappa shape index (κ3) is 4.93. The number of anilines is 1. The number of ether oxygens (including phenoxy) is 2. The summed E-state index contributed by atoms with van der Waals surface area (Å²) in [5.41, 5.74) is 3.21. The van der Waals surface area contributed by atoms with Crippen LogP contribution < -0.4 is 10.2 Å². The van der Waals surface area contributed by atoms with E-state index in [2.05, 4.69) is 10.5 Å². The van der Waals surface area contributed by atoms with Crippen molar-refractivity contribution in [3.63, 3.8) is 0 Å². The van der Waals surface area contributed by atoms with E-state index in [0.29, 0.717) is 17.9 Å². The van der Waals surface area contributed by atoms with Crippen molar-refractivity contribution < 1.29 is 22.8 Å². The van der Waals surface area contributed by atoms with Gasteiger partial charge in [0.25, 0.3) is 5.69 Å². The number of nitrogens with zero attached hydrogens (tertiary/aromatic N) is 3. The van der Waals surface area contributed by atoms with E-state index < -0.39 is 14.9 Å². The molecule has 0 bridgehead atoms. The molecule has 10 nitrogen and oxygen atoms in total. The zero-order chi connectivity index (χ0) is 21.6. The third-order valence-corrected chi connectivity index (χ3v) is 6.31. The number of para-hydroxylation sites is 1. The van der Waals surface area contributed by atoms with Crippen molar-refractivity contribution in [3.8, 4) is 5.75 Å². The molecule has 2 aromatic rings. The molecule has 0 aromatic heterocycles. The molecule has 0 aliphatic carbocycles. The maximum Gasteiger partial charge on any atom is 0.270 e. The fraction of sp³-hybridized carbons (Fsp3) is 0.316. The molecule has 0 saturated carbocycles. The van der Waals surface area contributed by atoms with Gasteiger partial charge in [0.1, 0.15) is 10.6 Å². The lowest BCUT2D eigenvalue weighted by Gasteiger charge is -2.26. The van der Waals surface area contributed by atoms with Gasteiger partial charge < -0.3 is 9.47 Å². The molecule has 160 valence electrons. The lowest BCUT2D eigenvalue weighted by molar-refractivity contribution is -0.385. The molecule has 0 spiro atoms. The van der Waals surface area contributed by atoms with Gasteiger partial charge in [0, 0.05) is 30.8 Å². The molecule has 1 aliphatic heterocycles. The Balaban J connectivity index is 1.92. The number of nitro benzene ring substituents is 1. The molecule has 30 heavy (non-hydrogen) atoms. The van der Waals surface area contributed by atoms with Gasteiger partial charge in [-0.15, -0.1) is 0 Å². The van der Waals surface area contributed by atoms with E-state index in [1.807, 2.05) is 19.1 Å². The molecular formula is C19H22N4O6S. The van der Waals surface area contributed by atoms with Gasteiger partial charge in [-0.3, -0.25) is 15.5 Å². The molecule has 1 saturated heterocycles. The Morgan fingerprint density at radius 3 is 2.70 bits per heavy atom. The second-order valence-corrected chi connectivity index (χ2v) is 8.20. The van der Waals surface area contributed by atoms with Crippen LogP contribution in [0.25, 0.3) is 0 Å². The van der Waals surface area contributed by atoms with Gasteiger partial charge in [-0.25, -0.2) is 8.42 Å². The predicted molar refractivity (Wildman–Crippen MR) is 112 cm³/mol. The lowest BCUT2D eigenvalue weighted by atomic mass is 10.2. The Labute approximate surface area is 174 Å². The standard InChI is InChI=1S/C19H22N4O6S/c1-2-29-18-6-4-3-5-15(18)14-20-21-17-8-7-16(23(24)25)13-19(17)30(26,27)22-9-11-28-12-10-22/h3-8,13-14,21H,2,9-12H2,1H3/b20-14+. The van der Waals surface area contributed by atoms with Crippen LogP contribution in [-0.4, -0.2) is 56.8 Å². The molecule has 1 N–H and O–H groups in total. The summed E-state index contributed by atoms with van der Waals surface area (Å²) >= 11 is 0. The largest absolute Gasteiger partial charge is 0.493 e. The Kier molecular flexibility index (Phi) is 6.98. The van der Waals surface area contributed by atoms with Crippen LogP contribution in [0.15, 0.2) is 52.5 Å². The van der Waals surface area contributed by atoms with E-state index in [1.54, 1.807) is 12.1 Å². The summed E-state index contributed by atoms with van der Waals surface area (Å²) in [6.45, 7) is 3.24. The van der Waals surface area contributed by atoms with Crippen molar-refractivity contribution in [2.24, 2.45) is 5.10 Å². The molecule has 0 amide bonds. The summed E-state index contributed by atoms with van der Waals surface area (Å²) in [4.78, 5) is 10.3. The van der Waals surface area contributed by atoms with Crippen LogP contribution in [0.5, 0.6) is 5.75 Å².